The van der Waals surface area contributed by atoms with Gasteiger partial charge in [0.25, 0.3) is 5.91 Å². The van der Waals surface area contributed by atoms with Crippen LogP contribution in [0.2, 0.25) is 0 Å². The van der Waals surface area contributed by atoms with E-state index in [0.29, 0.717) is 18.8 Å². The van der Waals surface area contributed by atoms with Crippen LogP contribution in [0.3, 0.4) is 0 Å². The molecule has 7 heteroatoms. The molecule has 0 N–H and O–H groups in total. The summed E-state index contributed by atoms with van der Waals surface area (Å²) >= 11 is 0. The summed E-state index contributed by atoms with van der Waals surface area (Å²) in [5.41, 5.74) is 2.23. The predicted molar refractivity (Wildman–Crippen MR) is 111 cm³/mol. The second kappa shape index (κ2) is 7.69. The van der Waals surface area contributed by atoms with Crippen molar-refractivity contribution in [3.63, 3.8) is 0 Å². The van der Waals surface area contributed by atoms with Gasteiger partial charge in [-0.1, -0.05) is 6.92 Å². The molecule has 1 amide bonds. The van der Waals surface area contributed by atoms with E-state index in [0.717, 1.165) is 61.5 Å². The van der Waals surface area contributed by atoms with E-state index in [-0.39, 0.29) is 5.91 Å². The van der Waals surface area contributed by atoms with E-state index in [1.807, 2.05) is 4.90 Å². The van der Waals surface area contributed by atoms with Gasteiger partial charge in [0.15, 0.2) is 5.76 Å². The van der Waals surface area contributed by atoms with Crippen LogP contribution in [-0.2, 0) is 13.0 Å². The molecule has 0 unspecified atom stereocenters. The average Bonchev–Trinajstić information content (AvgIpc) is 3.47. The number of nitrogens with zero attached hydrogens (tertiary/aromatic N) is 5. The van der Waals surface area contributed by atoms with Crippen LogP contribution < -0.4 is 9.80 Å². The Morgan fingerprint density at radius 2 is 1.86 bits per heavy atom. The Bertz CT molecular complexity index is 868. The number of furan rings is 1. The molecule has 5 rings (SSSR count). The van der Waals surface area contributed by atoms with Crippen LogP contribution in [0.4, 0.5) is 11.8 Å². The maximum atomic E-state index is 12.8. The fourth-order valence-electron chi connectivity index (χ4n) is 4.65. The van der Waals surface area contributed by atoms with Crippen LogP contribution in [0.1, 0.15) is 54.4 Å². The molecule has 2 aromatic heterocycles. The molecule has 29 heavy (non-hydrogen) atoms. The second-order valence-corrected chi connectivity index (χ2v) is 8.59. The predicted octanol–water partition coefficient (Wildman–Crippen LogP) is 3.10. The molecule has 7 nitrogen and oxygen atoms in total. The van der Waals surface area contributed by atoms with Crippen LogP contribution in [-0.4, -0.2) is 53.5 Å². The van der Waals surface area contributed by atoms with Gasteiger partial charge in [0.1, 0.15) is 5.82 Å². The van der Waals surface area contributed by atoms with Crippen LogP contribution in [0.5, 0.6) is 0 Å². The number of rotatable bonds is 3. The van der Waals surface area contributed by atoms with Gasteiger partial charge in [0.2, 0.25) is 5.95 Å². The van der Waals surface area contributed by atoms with E-state index in [4.69, 9.17) is 14.4 Å². The van der Waals surface area contributed by atoms with Crippen molar-refractivity contribution in [1.29, 1.82) is 0 Å². The molecule has 154 valence electrons. The topological polar surface area (TPSA) is 65.7 Å². The Hall–Kier alpha value is -2.57. The molecule has 0 atom stereocenters. The summed E-state index contributed by atoms with van der Waals surface area (Å²) in [6.45, 7) is 7.67. The quantitative estimate of drug-likeness (QED) is 0.796. The van der Waals surface area contributed by atoms with Gasteiger partial charge < -0.3 is 19.1 Å². The molecular weight excluding hydrogens is 366 g/mol. The first-order valence-corrected chi connectivity index (χ1v) is 10.9. The lowest BCUT2D eigenvalue weighted by Crippen LogP contribution is -2.39. The van der Waals surface area contributed by atoms with Crippen LogP contribution in [0, 0.1) is 5.92 Å². The summed E-state index contributed by atoms with van der Waals surface area (Å²) in [6, 6.07) is 3.49. The first-order chi connectivity index (χ1) is 14.2. The lowest BCUT2D eigenvalue weighted by Gasteiger charge is -2.34. The Morgan fingerprint density at radius 3 is 2.59 bits per heavy atom. The van der Waals surface area contributed by atoms with E-state index in [1.165, 1.54) is 25.7 Å². The zero-order chi connectivity index (χ0) is 19.8. The minimum Gasteiger partial charge on any atom is -0.459 e. The lowest BCUT2D eigenvalue weighted by atomic mass is 9.99. The van der Waals surface area contributed by atoms with Crippen LogP contribution in [0.15, 0.2) is 22.8 Å². The molecule has 0 aromatic carbocycles. The number of carbonyl (C=O) groups is 1. The molecule has 0 bridgehead atoms. The standard InChI is InChI=1S/C22H29N5O2/c1-16-6-11-26(12-7-16)22-23-18-8-13-27(21(28)19-5-4-14-29-19)15-17(18)20(24-22)25-9-2-3-10-25/h4-5,14,16H,2-3,6-13,15H2,1H3. The number of fused-ring (bicyclic) bond motifs is 1. The summed E-state index contributed by atoms with van der Waals surface area (Å²) in [5.74, 6) is 3.04. The van der Waals surface area contributed by atoms with Gasteiger partial charge in [-0.05, 0) is 43.7 Å². The summed E-state index contributed by atoms with van der Waals surface area (Å²) in [4.78, 5) is 29.4. The number of aromatic nitrogens is 2. The van der Waals surface area contributed by atoms with Crippen molar-refractivity contribution in [1.82, 2.24) is 14.9 Å². The third-order valence-corrected chi connectivity index (χ3v) is 6.52. The minimum atomic E-state index is -0.0536. The Kier molecular flexibility index (Phi) is 4.89. The molecule has 2 fully saturated rings. The number of hydrogen-bond donors (Lipinski definition) is 0. The van der Waals surface area contributed by atoms with Gasteiger partial charge in [-0.3, -0.25) is 4.79 Å². The maximum Gasteiger partial charge on any atom is 0.289 e. The molecule has 0 spiro atoms. The molecule has 2 aromatic rings. The highest BCUT2D eigenvalue weighted by Gasteiger charge is 2.31. The second-order valence-electron chi connectivity index (χ2n) is 8.59. The summed E-state index contributed by atoms with van der Waals surface area (Å²) in [5, 5.41) is 0. The van der Waals surface area contributed by atoms with Crippen molar-refractivity contribution in [2.24, 2.45) is 5.92 Å². The largest absolute Gasteiger partial charge is 0.459 e. The highest BCUT2D eigenvalue weighted by molar-refractivity contribution is 5.91. The van der Waals surface area contributed by atoms with Crippen LogP contribution in [0.25, 0.3) is 0 Å². The third kappa shape index (κ3) is 3.58. The Balaban J connectivity index is 1.46. The summed E-state index contributed by atoms with van der Waals surface area (Å²) in [6.07, 6.45) is 7.11. The number of anilines is 2. The Morgan fingerprint density at radius 1 is 1.07 bits per heavy atom. The molecule has 0 saturated carbocycles. The van der Waals surface area contributed by atoms with Gasteiger partial charge in [-0.2, -0.15) is 4.98 Å². The van der Waals surface area contributed by atoms with Crippen molar-refractivity contribution in [3.05, 3.63) is 35.4 Å². The average molecular weight is 396 g/mol. The molecule has 3 aliphatic rings. The normalized spacial score (nSPS) is 20.2. The first kappa shape index (κ1) is 18.5. The van der Waals surface area contributed by atoms with Crippen molar-refractivity contribution in [2.75, 3.05) is 42.5 Å². The number of hydrogen-bond acceptors (Lipinski definition) is 6. The molecule has 0 radical (unpaired) electrons. The third-order valence-electron chi connectivity index (χ3n) is 6.52. The van der Waals surface area contributed by atoms with Crippen molar-refractivity contribution < 1.29 is 9.21 Å². The zero-order valence-electron chi connectivity index (χ0n) is 17.1. The molecule has 5 heterocycles. The van der Waals surface area contributed by atoms with Gasteiger partial charge in [0.05, 0.1) is 18.5 Å². The number of amides is 1. The monoisotopic (exact) mass is 395 g/mol. The fourth-order valence-corrected chi connectivity index (χ4v) is 4.65. The van der Waals surface area contributed by atoms with E-state index < -0.39 is 0 Å². The van der Waals surface area contributed by atoms with E-state index in [9.17, 15) is 4.79 Å². The smallest absolute Gasteiger partial charge is 0.289 e. The van der Waals surface area contributed by atoms with Crippen LogP contribution >= 0.6 is 0 Å². The molecule has 3 aliphatic heterocycles. The van der Waals surface area contributed by atoms with Crippen molar-refractivity contribution in [2.45, 2.75) is 45.6 Å². The maximum absolute atomic E-state index is 12.8. The molecule has 2 saturated heterocycles. The van der Waals surface area contributed by atoms with Gasteiger partial charge >= 0.3 is 0 Å². The Labute approximate surface area is 171 Å². The number of piperidine rings is 1. The van der Waals surface area contributed by atoms with Gasteiger partial charge in [0, 0.05) is 44.7 Å². The minimum absolute atomic E-state index is 0.0536. The van der Waals surface area contributed by atoms with E-state index in [2.05, 4.69) is 16.7 Å². The lowest BCUT2D eigenvalue weighted by molar-refractivity contribution is 0.0701. The highest BCUT2D eigenvalue weighted by atomic mass is 16.3. The van der Waals surface area contributed by atoms with E-state index >= 15 is 0 Å². The van der Waals surface area contributed by atoms with Crippen molar-refractivity contribution in [3.8, 4) is 0 Å². The number of carbonyl (C=O) groups excluding carboxylic acids is 1. The molecule has 0 aliphatic carbocycles. The summed E-state index contributed by atoms with van der Waals surface area (Å²) in [7, 11) is 0. The first-order valence-electron chi connectivity index (χ1n) is 10.9. The van der Waals surface area contributed by atoms with E-state index in [1.54, 1.807) is 18.4 Å². The van der Waals surface area contributed by atoms with Gasteiger partial charge in [-0.15, -0.1) is 0 Å². The fraction of sp³-hybridized carbons (Fsp3) is 0.591. The van der Waals surface area contributed by atoms with Gasteiger partial charge in [-0.25, -0.2) is 4.98 Å². The summed E-state index contributed by atoms with van der Waals surface area (Å²) < 4.78 is 5.33. The SMILES string of the molecule is CC1CCN(c2nc3c(c(N4CCCC4)n2)CN(C(=O)c2ccco2)CC3)CC1. The highest BCUT2D eigenvalue weighted by Crippen LogP contribution is 2.32. The zero-order valence-corrected chi connectivity index (χ0v) is 17.1. The molecular formula is C22H29N5O2. The van der Waals surface area contributed by atoms with Crippen molar-refractivity contribution >= 4 is 17.7 Å².